The molecule has 2 atom stereocenters. The van der Waals surface area contributed by atoms with Crippen LogP contribution in [0.15, 0.2) is 60.7 Å². The topological polar surface area (TPSA) is 129 Å². The van der Waals surface area contributed by atoms with Crippen molar-refractivity contribution in [2.45, 2.75) is 39.1 Å². The normalized spacial score (nSPS) is 11.9. The van der Waals surface area contributed by atoms with Crippen molar-refractivity contribution < 1.29 is 38.1 Å². The van der Waals surface area contributed by atoms with Crippen LogP contribution in [-0.2, 0) is 41.8 Å². The van der Waals surface area contributed by atoms with Gasteiger partial charge in [-0.25, -0.2) is 19.2 Å². The van der Waals surface area contributed by atoms with Crippen molar-refractivity contribution in [2.24, 2.45) is 0 Å². The summed E-state index contributed by atoms with van der Waals surface area (Å²) in [5.74, 6) is -0.945. The van der Waals surface area contributed by atoms with E-state index in [0.29, 0.717) is 0 Å². The van der Waals surface area contributed by atoms with Crippen molar-refractivity contribution in [3.05, 3.63) is 71.8 Å². The van der Waals surface area contributed by atoms with Gasteiger partial charge in [-0.2, -0.15) is 0 Å². The van der Waals surface area contributed by atoms with Crippen LogP contribution in [-0.4, -0.2) is 60.9 Å². The van der Waals surface area contributed by atoms with Crippen LogP contribution in [0.2, 0.25) is 0 Å². The smallest absolute Gasteiger partial charge is 0.408 e. The number of hydrogen-bond donors (Lipinski definition) is 2. The highest BCUT2D eigenvalue weighted by molar-refractivity contribution is 8.76. The number of amides is 2. The van der Waals surface area contributed by atoms with Gasteiger partial charge in [-0.3, -0.25) is 0 Å². The zero-order valence-electron chi connectivity index (χ0n) is 21.3. The highest BCUT2D eigenvalue weighted by atomic mass is 33.1. The Morgan fingerprint density at radius 2 is 1.00 bits per heavy atom. The van der Waals surface area contributed by atoms with Crippen molar-refractivity contribution in [1.82, 2.24) is 10.6 Å². The first-order valence-electron chi connectivity index (χ1n) is 11.9. The summed E-state index contributed by atoms with van der Waals surface area (Å²) >= 11 is 0. The van der Waals surface area contributed by atoms with Gasteiger partial charge in [-0.05, 0) is 25.0 Å². The third kappa shape index (κ3) is 12.2. The maximum Gasteiger partial charge on any atom is 0.408 e. The number of hydrogen-bond acceptors (Lipinski definition) is 10. The van der Waals surface area contributed by atoms with E-state index in [1.807, 2.05) is 60.7 Å². The summed E-state index contributed by atoms with van der Waals surface area (Å²) in [5.41, 5.74) is 1.61. The Hall–Kier alpha value is -3.38. The molecule has 0 aliphatic rings. The summed E-state index contributed by atoms with van der Waals surface area (Å²) in [6, 6.07) is 16.3. The van der Waals surface area contributed by atoms with Crippen LogP contribution < -0.4 is 10.6 Å². The van der Waals surface area contributed by atoms with E-state index < -0.39 is 36.2 Å². The molecule has 0 fully saturated rings. The largest absolute Gasteiger partial charge is 0.464 e. The maximum atomic E-state index is 12.3. The van der Waals surface area contributed by atoms with Crippen LogP contribution in [0.1, 0.15) is 25.0 Å². The lowest BCUT2D eigenvalue weighted by atomic mass is 10.2. The van der Waals surface area contributed by atoms with E-state index in [4.69, 9.17) is 18.9 Å². The molecule has 0 aliphatic carbocycles. The summed E-state index contributed by atoms with van der Waals surface area (Å²) in [5, 5.41) is 5.03. The number of rotatable bonds is 15. The molecule has 2 unspecified atom stereocenters. The molecule has 206 valence electrons. The van der Waals surface area contributed by atoms with Crippen LogP contribution in [0.5, 0.6) is 0 Å². The molecular formula is C26H32N2O8S2. The molecule has 12 heteroatoms. The van der Waals surface area contributed by atoms with E-state index in [1.54, 1.807) is 13.8 Å². The van der Waals surface area contributed by atoms with Crippen LogP contribution in [0, 0.1) is 0 Å². The van der Waals surface area contributed by atoms with Gasteiger partial charge in [-0.1, -0.05) is 82.3 Å². The summed E-state index contributed by atoms with van der Waals surface area (Å²) in [6.45, 7) is 3.73. The third-order valence-corrected chi connectivity index (χ3v) is 7.13. The SMILES string of the molecule is CCOC(=O)C(CSSCC(NC(=O)OCc1ccccc1)C(=O)OCC)NC(=O)OCc1ccccc1. The minimum Gasteiger partial charge on any atom is -0.464 e. The van der Waals surface area contributed by atoms with Crippen molar-refractivity contribution in [2.75, 3.05) is 24.7 Å². The molecule has 2 N–H and O–H groups in total. The minimum absolute atomic E-state index is 0.0529. The molecule has 38 heavy (non-hydrogen) atoms. The molecule has 0 saturated heterocycles. The second kappa shape index (κ2) is 18.0. The second-order valence-electron chi connectivity index (χ2n) is 7.59. The van der Waals surface area contributed by atoms with Gasteiger partial charge in [-0.15, -0.1) is 0 Å². The van der Waals surface area contributed by atoms with E-state index in [1.165, 1.54) is 21.6 Å². The van der Waals surface area contributed by atoms with E-state index in [0.717, 1.165) is 11.1 Å². The molecule has 2 aromatic carbocycles. The standard InChI is InChI=1S/C26H32N2O8S2/c1-3-33-23(29)21(27-25(31)35-15-19-11-7-5-8-12-19)17-37-38-18-22(24(30)34-4-2)28-26(32)36-16-20-13-9-6-10-14-20/h5-14,21-22H,3-4,15-18H2,1-2H3,(H,27,31)(H,28,32). The van der Waals surface area contributed by atoms with Gasteiger partial charge in [0.15, 0.2) is 0 Å². The predicted octanol–water partition coefficient (Wildman–Crippen LogP) is 4.08. The van der Waals surface area contributed by atoms with E-state index in [-0.39, 0.29) is 37.9 Å². The highest BCUT2D eigenvalue weighted by Crippen LogP contribution is 2.24. The Kier molecular flexibility index (Phi) is 14.6. The molecule has 0 spiro atoms. The average molecular weight is 565 g/mol. The number of ether oxygens (including phenoxy) is 4. The van der Waals surface area contributed by atoms with Crippen molar-refractivity contribution in [1.29, 1.82) is 0 Å². The van der Waals surface area contributed by atoms with Crippen LogP contribution in [0.3, 0.4) is 0 Å². The summed E-state index contributed by atoms with van der Waals surface area (Å²) in [4.78, 5) is 49.2. The molecule has 2 aromatic rings. The number of alkyl carbamates (subject to hydrolysis) is 2. The minimum atomic E-state index is -0.972. The molecule has 10 nitrogen and oxygen atoms in total. The zero-order chi connectivity index (χ0) is 27.6. The number of esters is 2. The zero-order valence-corrected chi connectivity index (χ0v) is 22.9. The molecule has 2 rings (SSSR count). The average Bonchev–Trinajstić information content (AvgIpc) is 2.93. The third-order valence-electron chi connectivity index (χ3n) is 4.70. The lowest BCUT2D eigenvalue weighted by Gasteiger charge is -2.18. The van der Waals surface area contributed by atoms with Gasteiger partial charge in [0.2, 0.25) is 0 Å². The van der Waals surface area contributed by atoms with Crippen LogP contribution in [0.4, 0.5) is 9.59 Å². The molecule has 0 aliphatic heterocycles. The van der Waals surface area contributed by atoms with Gasteiger partial charge in [0.25, 0.3) is 0 Å². The van der Waals surface area contributed by atoms with E-state index in [2.05, 4.69) is 10.6 Å². The van der Waals surface area contributed by atoms with Crippen LogP contribution in [0.25, 0.3) is 0 Å². The van der Waals surface area contributed by atoms with Crippen molar-refractivity contribution in [3.8, 4) is 0 Å². The summed E-state index contributed by atoms with van der Waals surface area (Å²) in [7, 11) is 2.44. The Morgan fingerprint density at radius 1 is 0.632 bits per heavy atom. The van der Waals surface area contributed by atoms with Gasteiger partial charge >= 0.3 is 24.1 Å². The van der Waals surface area contributed by atoms with Gasteiger partial charge in [0, 0.05) is 11.5 Å². The number of carbonyl (C=O) groups is 4. The van der Waals surface area contributed by atoms with Crippen molar-refractivity contribution >= 4 is 45.7 Å². The predicted molar refractivity (Wildman–Crippen MR) is 145 cm³/mol. The Morgan fingerprint density at radius 3 is 1.34 bits per heavy atom. The lowest BCUT2D eigenvalue weighted by molar-refractivity contribution is -0.145. The van der Waals surface area contributed by atoms with Gasteiger partial charge in [0.1, 0.15) is 25.3 Å². The Balaban J connectivity index is 1.84. The number of carbonyl (C=O) groups excluding carboxylic acids is 4. The van der Waals surface area contributed by atoms with E-state index in [9.17, 15) is 19.2 Å². The maximum absolute atomic E-state index is 12.3. The molecule has 0 heterocycles. The molecular weight excluding hydrogens is 532 g/mol. The Bertz CT molecular complexity index is 929. The van der Waals surface area contributed by atoms with Gasteiger partial charge < -0.3 is 29.6 Å². The molecule has 0 saturated carbocycles. The lowest BCUT2D eigenvalue weighted by Crippen LogP contribution is -2.44. The quantitative estimate of drug-likeness (QED) is 0.141. The fourth-order valence-corrected chi connectivity index (χ4v) is 5.17. The second-order valence-corrected chi connectivity index (χ2v) is 10.1. The van der Waals surface area contributed by atoms with E-state index >= 15 is 0 Å². The number of benzene rings is 2. The molecule has 0 aromatic heterocycles. The molecule has 0 radical (unpaired) electrons. The first-order valence-corrected chi connectivity index (χ1v) is 14.4. The molecule has 0 bridgehead atoms. The summed E-state index contributed by atoms with van der Waals surface area (Å²) in [6.07, 6.45) is -1.52. The monoisotopic (exact) mass is 564 g/mol. The highest BCUT2D eigenvalue weighted by Gasteiger charge is 2.26. The molecule has 2 amide bonds. The first-order chi connectivity index (χ1) is 18.4. The van der Waals surface area contributed by atoms with Crippen LogP contribution >= 0.6 is 21.6 Å². The summed E-state index contributed by atoms with van der Waals surface area (Å²) < 4.78 is 20.5. The Labute approximate surface area is 229 Å². The fraction of sp³-hybridized carbons (Fsp3) is 0.385. The first kappa shape index (κ1) is 30.8. The van der Waals surface area contributed by atoms with Crippen molar-refractivity contribution in [3.63, 3.8) is 0 Å². The fourth-order valence-electron chi connectivity index (χ4n) is 2.87. The van der Waals surface area contributed by atoms with Gasteiger partial charge in [0.05, 0.1) is 13.2 Å². The number of nitrogens with one attached hydrogen (secondary N) is 2.